The molecule has 0 atom stereocenters. The number of hydrogen-bond acceptors (Lipinski definition) is 6. The number of phenolic OH excluding ortho intramolecular Hbond substituents is 1. The van der Waals surface area contributed by atoms with Crippen molar-refractivity contribution in [3.8, 4) is 11.5 Å². The molecule has 8 nitrogen and oxygen atoms in total. The number of ether oxygens (including phenoxy) is 1. The highest BCUT2D eigenvalue weighted by Crippen LogP contribution is 2.22. The molecule has 2 rings (SSSR count). The van der Waals surface area contributed by atoms with Crippen LogP contribution in [0.25, 0.3) is 0 Å². The monoisotopic (exact) mass is 441 g/mol. The van der Waals surface area contributed by atoms with Crippen molar-refractivity contribution in [1.29, 1.82) is 0 Å². The van der Waals surface area contributed by atoms with Gasteiger partial charge in [-0.25, -0.2) is 5.43 Å². The van der Waals surface area contributed by atoms with E-state index in [4.69, 9.17) is 4.74 Å². The van der Waals surface area contributed by atoms with Gasteiger partial charge in [0.15, 0.2) is 0 Å². The summed E-state index contributed by atoms with van der Waals surface area (Å²) in [6, 6.07) is 8.39. The Morgan fingerprint density at radius 3 is 2.75 bits per heavy atom. The summed E-state index contributed by atoms with van der Waals surface area (Å²) in [6.07, 6.45) is 1.13. The molecule has 24 heavy (non-hydrogen) atoms. The number of nitrogens with one attached hydrogen (secondary N) is 1. The molecule has 0 spiro atoms. The summed E-state index contributed by atoms with van der Waals surface area (Å²) in [5.41, 5.74) is 2.60. The molecular weight excluding hydrogens is 429 g/mol. The van der Waals surface area contributed by atoms with Crippen LogP contribution in [0.15, 0.2) is 41.5 Å². The molecule has 1 amide bonds. The molecule has 0 aliphatic heterocycles. The fourth-order valence-electron chi connectivity index (χ4n) is 1.79. The Bertz CT molecular complexity index is 823. The minimum absolute atomic E-state index is 0.119. The van der Waals surface area contributed by atoms with Gasteiger partial charge in [0.2, 0.25) is 0 Å². The summed E-state index contributed by atoms with van der Waals surface area (Å²) >= 11 is 2.04. The van der Waals surface area contributed by atoms with E-state index in [0.717, 1.165) is 15.9 Å². The molecule has 0 unspecified atom stereocenters. The summed E-state index contributed by atoms with van der Waals surface area (Å²) in [6.45, 7) is 0. The van der Waals surface area contributed by atoms with Gasteiger partial charge in [-0.3, -0.25) is 14.9 Å². The van der Waals surface area contributed by atoms with E-state index in [1.54, 1.807) is 18.2 Å². The number of non-ortho nitro benzene ring substituents is 1. The van der Waals surface area contributed by atoms with Gasteiger partial charge in [0.25, 0.3) is 11.6 Å². The SMILES string of the molecule is COc1ccc(C(=O)N/N=C/c2cc([N+](=O)[O-])ccc2O)cc1I. The Labute approximate surface area is 150 Å². The van der Waals surface area contributed by atoms with Crippen molar-refractivity contribution in [2.24, 2.45) is 5.10 Å². The van der Waals surface area contributed by atoms with Gasteiger partial charge in [-0.05, 0) is 46.9 Å². The van der Waals surface area contributed by atoms with Crippen LogP contribution < -0.4 is 10.2 Å². The molecule has 0 radical (unpaired) electrons. The number of methoxy groups -OCH3 is 1. The van der Waals surface area contributed by atoms with Gasteiger partial charge in [-0.2, -0.15) is 5.10 Å². The lowest BCUT2D eigenvalue weighted by Gasteiger charge is -2.05. The summed E-state index contributed by atoms with van der Waals surface area (Å²) in [5, 5.41) is 24.1. The number of hydrogen-bond donors (Lipinski definition) is 2. The van der Waals surface area contributed by atoms with Crippen LogP contribution in [0, 0.1) is 13.7 Å². The highest BCUT2D eigenvalue weighted by molar-refractivity contribution is 14.1. The van der Waals surface area contributed by atoms with E-state index in [0.29, 0.717) is 11.3 Å². The lowest BCUT2D eigenvalue weighted by molar-refractivity contribution is -0.384. The number of carbonyl (C=O) groups is 1. The number of aromatic hydroxyl groups is 1. The van der Waals surface area contributed by atoms with Crippen LogP contribution in [0.2, 0.25) is 0 Å². The van der Waals surface area contributed by atoms with Crippen LogP contribution in [0.4, 0.5) is 5.69 Å². The molecule has 0 saturated carbocycles. The quantitative estimate of drug-likeness (QED) is 0.321. The fraction of sp³-hybridized carbons (Fsp3) is 0.0667. The van der Waals surface area contributed by atoms with Crippen molar-refractivity contribution in [2.75, 3.05) is 7.11 Å². The number of nitro groups is 1. The number of hydrazone groups is 1. The van der Waals surface area contributed by atoms with E-state index in [1.807, 2.05) is 22.6 Å². The number of phenols is 1. The van der Waals surface area contributed by atoms with Gasteiger partial charge < -0.3 is 9.84 Å². The molecule has 124 valence electrons. The summed E-state index contributed by atoms with van der Waals surface area (Å²) in [4.78, 5) is 22.1. The number of amides is 1. The third-order valence-electron chi connectivity index (χ3n) is 3.01. The zero-order chi connectivity index (χ0) is 17.7. The average molecular weight is 441 g/mol. The van der Waals surface area contributed by atoms with Crippen LogP contribution in [-0.2, 0) is 0 Å². The zero-order valence-electron chi connectivity index (χ0n) is 12.4. The smallest absolute Gasteiger partial charge is 0.271 e. The van der Waals surface area contributed by atoms with E-state index < -0.39 is 10.8 Å². The molecule has 0 bridgehead atoms. The first-order chi connectivity index (χ1) is 11.4. The average Bonchev–Trinajstić information content (AvgIpc) is 2.56. The maximum Gasteiger partial charge on any atom is 0.271 e. The number of benzene rings is 2. The molecule has 2 aromatic rings. The maximum atomic E-state index is 12.0. The fourth-order valence-corrected chi connectivity index (χ4v) is 2.53. The standard InChI is InChI=1S/C15H12IN3O5/c1-24-14-5-2-9(7-12(14)16)15(21)18-17-8-10-6-11(19(22)23)3-4-13(10)20/h2-8,20H,1H3,(H,18,21)/b17-8+. The van der Waals surface area contributed by atoms with Gasteiger partial charge in [0.1, 0.15) is 11.5 Å². The Morgan fingerprint density at radius 1 is 1.38 bits per heavy atom. The highest BCUT2D eigenvalue weighted by atomic mass is 127. The highest BCUT2D eigenvalue weighted by Gasteiger charge is 2.10. The molecule has 2 N–H and O–H groups in total. The van der Waals surface area contributed by atoms with E-state index in [2.05, 4.69) is 10.5 Å². The van der Waals surface area contributed by atoms with Crippen LogP contribution in [0.1, 0.15) is 15.9 Å². The lowest BCUT2D eigenvalue weighted by atomic mass is 10.2. The van der Waals surface area contributed by atoms with Gasteiger partial charge >= 0.3 is 0 Å². The summed E-state index contributed by atoms with van der Waals surface area (Å²) in [7, 11) is 1.53. The molecule has 0 saturated heterocycles. The largest absolute Gasteiger partial charge is 0.507 e. The minimum Gasteiger partial charge on any atom is -0.507 e. The van der Waals surface area contributed by atoms with Gasteiger partial charge in [0.05, 0.1) is 21.8 Å². The normalized spacial score (nSPS) is 10.6. The third kappa shape index (κ3) is 4.19. The first-order valence-electron chi connectivity index (χ1n) is 6.56. The Morgan fingerprint density at radius 2 is 2.12 bits per heavy atom. The molecular formula is C15H12IN3O5. The predicted octanol–water partition coefficient (Wildman–Crippen LogP) is 2.68. The second kappa shape index (κ2) is 7.73. The van der Waals surface area contributed by atoms with Gasteiger partial charge in [-0.15, -0.1) is 0 Å². The van der Waals surface area contributed by atoms with Crippen molar-refractivity contribution in [3.63, 3.8) is 0 Å². The number of nitrogens with zero attached hydrogens (tertiary/aromatic N) is 2. The number of carbonyl (C=O) groups excluding carboxylic acids is 1. The first-order valence-corrected chi connectivity index (χ1v) is 7.64. The van der Waals surface area contributed by atoms with Gasteiger partial charge in [-0.1, -0.05) is 0 Å². The van der Waals surface area contributed by atoms with Crippen molar-refractivity contribution in [3.05, 3.63) is 61.2 Å². The third-order valence-corrected chi connectivity index (χ3v) is 3.85. The van der Waals surface area contributed by atoms with Crippen LogP contribution in [0.3, 0.4) is 0 Å². The predicted molar refractivity (Wildman–Crippen MR) is 95.5 cm³/mol. The molecule has 2 aromatic carbocycles. The zero-order valence-corrected chi connectivity index (χ0v) is 14.6. The molecule has 0 fully saturated rings. The summed E-state index contributed by atoms with van der Waals surface area (Å²) < 4.78 is 5.88. The van der Waals surface area contributed by atoms with E-state index >= 15 is 0 Å². The minimum atomic E-state index is -0.589. The van der Waals surface area contributed by atoms with Crippen molar-refractivity contribution < 1.29 is 19.6 Å². The number of nitro benzene ring substituents is 1. The van der Waals surface area contributed by atoms with Crippen LogP contribution >= 0.6 is 22.6 Å². The van der Waals surface area contributed by atoms with Gasteiger partial charge in [0, 0.05) is 23.3 Å². The molecule has 0 aliphatic rings. The lowest BCUT2D eigenvalue weighted by Crippen LogP contribution is -2.17. The van der Waals surface area contributed by atoms with E-state index in [-0.39, 0.29) is 17.0 Å². The van der Waals surface area contributed by atoms with Crippen molar-refractivity contribution >= 4 is 40.4 Å². The Balaban J connectivity index is 2.11. The number of halogens is 1. The topological polar surface area (TPSA) is 114 Å². The van der Waals surface area contributed by atoms with Crippen LogP contribution in [-0.4, -0.2) is 29.3 Å². The molecule has 0 heterocycles. The molecule has 0 aromatic heterocycles. The summed E-state index contributed by atoms with van der Waals surface area (Å²) in [5.74, 6) is 0.00602. The second-order valence-corrected chi connectivity index (χ2v) is 5.71. The number of rotatable bonds is 5. The Hall–Kier alpha value is -2.69. The molecule has 0 aliphatic carbocycles. The second-order valence-electron chi connectivity index (χ2n) is 4.55. The van der Waals surface area contributed by atoms with E-state index in [9.17, 15) is 20.0 Å². The van der Waals surface area contributed by atoms with Crippen molar-refractivity contribution in [2.45, 2.75) is 0 Å². The Kier molecular flexibility index (Phi) is 5.68. The molecule has 9 heteroatoms. The van der Waals surface area contributed by atoms with Crippen molar-refractivity contribution in [1.82, 2.24) is 5.43 Å². The first kappa shape index (κ1) is 17.7. The van der Waals surface area contributed by atoms with E-state index in [1.165, 1.54) is 19.2 Å². The van der Waals surface area contributed by atoms with Crippen LogP contribution in [0.5, 0.6) is 11.5 Å². The maximum absolute atomic E-state index is 12.0.